The molecule has 0 aliphatic rings. The largest absolute Gasteiger partial charge is 0.357 e. The van der Waals surface area contributed by atoms with Crippen LogP contribution >= 0.6 is 0 Å². The van der Waals surface area contributed by atoms with Crippen molar-refractivity contribution in [1.29, 1.82) is 0 Å². The number of aliphatic imine (C=N–C) groups is 1. The van der Waals surface area contributed by atoms with E-state index in [9.17, 15) is 4.79 Å². The Kier molecular flexibility index (Phi) is 7.40. The molecule has 150 valence electrons. The van der Waals surface area contributed by atoms with E-state index in [2.05, 4.69) is 50.3 Å². The Bertz CT molecular complexity index is 904. The summed E-state index contributed by atoms with van der Waals surface area (Å²) in [5.74, 6) is 0.478. The molecule has 3 N–H and O–H groups in total. The number of rotatable bonds is 8. The van der Waals surface area contributed by atoms with Crippen LogP contribution in [0.15, 0.2) is 78.0 Å². The van der Waals surface area contributed by atoms with Gasteiger partial charge in [-0.2, -0.15) is 5.10 Å². The zero-order valence-corrected chi connectivity index (χ0v) is 16.5. The lowest BCUT2D eigenvalue weighted by Crippen LogP contribution is -2.39. The van der Waals surface area contributed by atoms with Crippen LogP contribution in [0.25, 0.3) is 5.69 Å². The molecule has 2 aromatic carbocycles. The van der Waals surface area contributed by atoms with E-state index in [1.54, 1.807) is 6.20 Å². The van der Waals surface area contributed by atoms with Gasteiger partial charge < -0.3 is 16.0 Å². The number of carbonyl (C=O) groups excluding carboxylic acids is 1. The lowest BCUT2D eigenvalue weighted by atomic mass is 10.1. The topological polar surface area (TPSA) is 83.3 Å². The molecule has 7 heteroatoms. The van der Waals surface area contributed by atoms with Crippen molar-refractivity contribution in [3.63, 3.8) is 0 Å². The maximum atomic E-state index is 12.1. The molecule has 0 aliphatic carbocycles. The van der Waals surface area contributed by atoms with Gasteiger partial charge in [-0.15, -0.1) is 0 Å². The average Bonchev–Trinajstić information content (AvgIpc) is 3.28. The lowest BCUT2D eigenvalue weighted by Gasteiger charge is -2.11. The van der Waals surface area contributed by atoms with Crippen molar-refractivity contribution in [2.24, 2.45) is 4.99 Å². The highest BCUT2D eigenvalue weighted by Gasteiger charge is 2.03. The predicted molar refractivity (Wildman–Crippen MR) is 116 cm³/mol. The Morgan fingerprint density at radius 1 is 1.03 bits per heavy atom. The normalized spacial score (nSPS) is 11.1. The Balaban J connectivity index is 1.47. The second-order valence-corrected chi connectivity index (χ2v) is 6.40. The van der Waals surface area contributed by atoms with Gasteiger partial charge in [0.15, 0.2) is 5.96 Å². The molecule has 0 fully saturated rings. The van der Waals surface area contributed by atoms with Crippen LogP contribution in [0.3, 0.4) is 0 Å². The van der Waals surface area contributed by atoms with Gasteiger partial charge in [-0.05, 0) is 49.2 Å². The van der Waals surface area contributed by atoms with E-state index in [4.69, 9.17) is 0 Å². The number of nitrogens with one attached hydrogen (secondary N) is 3. The summed E-state index contributed by atoms with van der Waals surface area (Å²) >= 11 is 0. The number of hydrogen-bond acceptors (Lipinski definition) is 3. The first kappa shape index (κ1) is 20.1. The highest BCUT2D eigenvalue weighted by atomic mass is 16.1. The number of aromatic nitrogens is 2. The lowest BCUT2D eigenvalue weighted by molar-refractivity contribution is -0.114. The van der Waals surface area contributed by atoms with Crippen molar-refractivity contribution in [3.8, 4) is 5.69 Å². The van der Waals surface area contributed by atoms with Crippen LogP contribution in [0.5, 0.6) is 0 Å². The molecule has 0 saturated carbocycles. The summed E-state index contributed by atoms with van der Waals surface area (Å²) in [6, 6.07) is 19.6. The molecule has 0 radical (unpaired) electrons. The summed E-state index contributed by atoms with van der Waals surface area (Å²) in [5.41, 5.74) is 3.02. The molecule has 0 saturated heterocycles. The summed E-state index contributed by atoms with van der Waals surface area (Å²) in [4.78, 5) is 16.4. The molecule has 0 aliphatic heterocycles. The maximum absolute atomic E-state index is 12.1. The minimum Gasteiger partial charge on any atom is -0.357 e. The quantitative estimate of drug-likeness (QED) is 0.408. The number of benzene rings is 2. The standard InChI is InChI=1S/C22H26N6O/c1-2-23-22(25-17-21(29)27-19-7-4-3-5-8-19)24-15-13-18-9-11-20(12-10-18)28-16-6-14-26-28/h3-12,14,16H,2,13,15,17H2,1H3,(H,27,29)(H2,23,24,25). The number of anilines is 1. The Hall–Kier alpha value is -3.61. The van der Waals surface area contributed by atoms with E-state index in [0.29, 0.717) is 12.5 Å². The molecule has 3 rings (SSSR count). The summed E-state index contributed by atoms with van der Waals surface area (Å²) in [6.45, 7) is 3.50. The molecule has 29 heavy (non-hydrogen) atoms. The molecule has 0 atom stereocenters. The van der Waals surface area contributed by atoms with E-state index < -0.39 is 0 Å². The highest BCUT2D eigenvalue weighted by Crippen LogP contribution is 2.09. The van der Waals surface area contributed by atoms with Crippen molar-refractivity contribution in [2.75, 3.05) is 25.0 Å². The molecule has 0 unspecified atom stereocenters. The second-order valence-electron chi connectivity index (χ2n) is 6.40. The van der Waals surface area contributed by atoms with Crippen molar-refractivity contribution in [1.82, 2.24) is 20.4 Å². The molecule has 1 heterocycles. The fraction of sp³-hybridized carbons (Fsp3) is 0.227. The third kappa shape index (κ3) is 6.49. The Labute approximate surface area is 170 Å². The Morgan fingerprint density at radius 3 is 2.52 bits per heavy atom. The van der Waals surface area contributed by atoms with Gasteiger partial charge in [-0.25, -0.2) is 9.67 Å². The summed E-state index contributed by atoms with van der Waals surface area (Å²) in [5, 5.41) is 13.5. The molecular weight excluding hydrogens is 364 g/mol. The van der Waals surface area contributed by atoms with Gasteiger partial charge in [0.2, 0.25) is 5.91 Å². The highest BCUT2D eigenvalue weighted by molar-refractivity contribution is 5.94. The smallest absolute Gasteiger partial charge is 0.246 e. The number of guanidine groups is 1. The van der Waals surface area contributed by atoms with E-state index in [0.717, 1.165) is 24.3 Å². The van der Waals surface area contributed by atoms with Crippen LogP contribution in [0.2, 0.25) is 0 Å². The second kappa shape index (κ2) is 10.7. The molecule has 7 nitrogen and oxygen atoms in total. The fourth-order valence-electron chi connectivity index (χ4n) is 2.78. The van der Waals surface area contributed by atoms with Crippen LogP contribution in [-0.4, -0.2) is 41.3 Å². The predicted octanol–water partition coefficient (Wildman–Crippen LogP) is 2.61. The number of nitrogens with zero attached hydrogens (tertiary/aromatic N) is 3. The SMILES string of the molecule is CCNC(=NCC(=O)Nc1ccccc1)NCCc1ccc(-n2cccn2)cc1. The minimum atomic E-state index is -0.150. The van der Waals surface area contributed by atoms with Crippen molar-refractivity contribution in [3.05, 3.63) is 78.6 Å². The monoisotopic (exact) mass is 390 g/mol. The van der Waals surface area contributed by atoms with Gasteiger partial charge in [0.1, 0.15) is 6.54 Å². The molecular formula is C22H26N6O. The number of amides is 1. The minimum absolute atomic E-state index is 0.0583. The van der Waals surface area contributed by atoms with Gasteiger partial charge in [-0.3, -0.25) is 4.79 Å². The summed E-state index contributed by atoms with van der Waals surface area (Å²) in [6.07, 6.45) is 4.53. The van der Waals surface area contributed by atoms with Crippen molar-refractivity contribution < 1.29 is 4.79 Å². The first-order valence-corrected chi connectivity index (χ1v) is 9.70. The van der Waals surface area contributed by atoms with Gasteiger partial charge in [0.05, 0.1) is 5.69 Å². The van der Waals surface area contributed by atoms with Gasteiger partial charge in [0.25, 0.3) is 0 Å². The van der Waals surface area contributed by atoms with Crippen LogP contribution in [0, 0.1) is 0 Å². The van der Waals surface area contributed by atoms with Gasteiger partial charge in [-0.1, -0.05) is 30.3 Å². The number of hydrogen-bond donors (Lipinski definition) is 3. The van der Waals surface area contributed by atoms with Crippen molar-refractivity contribution >= 4 is 17.6 Å². The molecule has 0 spiro atoms. The number of para-hydroxylation sites is 1. The average molecular weight is 390 g/mol. The van der Waals surface area contributed by atoms with E-state index >= 15 is 0 Å². The van der Waals surface area contributed by atoms with E-state index in [1.807, 2.05) is 54.2 Å². The first-order chi connectivity index (χ1) is 14.2. The number of carbonyl (C=O) groups is 1. The molecule has 0 bridgehead atoms. The van der Waals surface area contributed by atoms with Crippen LogP contribution in [0.4, 0.5) is 5.69 Å². The Morgan fingerprint density at radius 2 is 1.83 bits per heavy atom. The first-order valence-electron chi connectivity index (χ1n) is 9.70. The van der Waals surface area contributed by atoms with Crippen LogP contribution in [-0.2, 0) is 11.2 Å². The van der Waals surface area contributed by atoms with Crippen molar-refractivity contribution in [2.45, 2.75) is 13.3 Å². The molecule has 1 amide bonds. The third-order valence-corrected chi connectivity index (χ3v) is 4.19. The molecule has 3 aromatic rings. The van der Waals surface area contributed by atoms with Crippen LogP contribution in [0.1, 0.15) is 12.5 Å². The van der Waals surface area contributed by atoms with Gasteiger partial charge in [0, 0.05) is 31.2 Å². The zero-order valence-electron chi connectivity index (χ0n) is 16.5. The maximum Gasteiger partial charge on any atom is 0.246 e. The molecule has 1 aromatic heterocycles. The van der Waals surface area contributed by atoms with E-state index in [-0.39, 0.29) is 12.5 Å². The summed E-state index contributed by atoms with van der Waals surface area (Å²) in [7, 11) is 0. The summed E-state index contributed by atoms with van der Waals surface area (Å²) < 4.78 is 1.83. The van der Waals surface area contributed by atoms with Gasteiger partial charge >= 0.3 is 0 Å². The van der Waals surface area contributed by atoms with E-state index in [1.165, 1.54) is 5.56 Å². The van der Waals surface area contributed by atoms with Crippen LogP contribution < -0.4 is 16.0 Å². The fourth-order valence-corrected chi connectivity index (χ4v) is 2.78. The zero-order chi connectivity index (χ0) is 20.3. The third-order valence-electron chi connectivity index (χ3n) is 4.19.